The average Bonchev–Trinajstić information content (AvgIpc) is 3.42. The van der Waals surface area contributed by atoms with Crippen LogP contribution in [-0.2, 0) is 10.8 Å². The molecule has 6 nitrogen and oxygen atoms in total. The Morgan fingerprint density at radius 3 is 2.03 bits per heavy atom. The molecule has 1 atom stereocenters. The van der Waals surface area contributed by atoms with Crippen molar-refractivity contribution in [3.63, 3.8) is 0 Å². The van der Waals surface area contributed by atoms with Crippen molar-refractivity contribution in [3.8, 4) is 5.75 Å². The molecule has 1 saturated heterocycles. The summed E-state index contributed by atoms with van der Waals surface area (Å²) in [5.41, 5.74) is 2.33. The Balaban J connectivity index is 1.92. The monoisotopic (exact) mass is 440 g/mol. The lowest BCUT2D eigenvalue weighted by Gasteiger charge is -2.54. The Kier molecular flexibility index (Phi) is 5.70. The van der Waals surface area contributed by atoms with Crippen LogP contribution in [0, 0.1) is 0 Å². The third kappa shape index (κ3) is 3.43. The van der Waals surface area contributed by atoms with Gasteiger partial charge in [-0.25, -0.2) is 0 Å². The Labute approximate surface area is 194 Å². The summed E-state index contributed by atoms with van der Waals surface area (Å²) in [4.78, 5) is 6.94. The van der Waals surface area contributed by atoms with Gasteiger partial charge in [-0.1, -0.05) is 78.0 Å². The van der Waals surface area contributed by atoms with Crippen molar-refractivity contribution >= 4 is 0 Å². The molecule has 0 bridgehead atoms. The third-order valence-electron chi connectivity index (χ3n) is 6.79. The van der Waals surface area contributed by atoms with E-state index in [1.807, 2.05) is 12.1 Å². The van der Waals surface area contributed by atoms with Crippen LogP contribution in [0.2, 0.25) is 0 Å². The fraction of sp³-hybridized carbons (Fsp3) is 0.259. The van der Waals surface area contributed by atoms with Gasteiger partial charge >= 0.3 is 0 Å². The quantitative estimate of drug-likeness (QED) is 0.460. The highest BCUT2D eigenvalue weighted by atomic mass is 16.5. The predicted molar refractivity (Wildman–Crippen MR) is 127 cm³/mol. The van der Waals surface area contributed by atoms with E-state index in [0.717, 1.165) is 24.5 Å². The van der Waals surface area contributed by atoms with Crippen molar-refractivity contribution in [2.24, 2.45) is 0 Å². The number of hydrogen-bond acceptors (Lipinski definition) is 6. The first-order chi connectivity index (χ1) is 16.2. The first-order valence-electron chi connectivity index (χ1n) is 11.1. The van der Waals surface area contributed by atoms with Crippen LogP contribution in [0.25, 0.3) is 0 Å². The van der Waals surface area contributed by atoms with Crippen molar-refractivity contribution < 1.29 is 9.26 Å². The van der Waals surface area contributed by atoms with Crippen LogP contribution < -0.4 is 10.1 Å². The Morgan fingerprint density at radius 2 is 1.52 bits per heavy atom. The molecular formula is C27H28N4O2. The van der Waals surface area contributed by atoms with Crippen LogP contribution in [0.3, 0.4) is 0 Å². The summed E-state index contributed by atoms with van der Waals surface area (Å²) in [5, 5.41) is 8.08. The van der Waals surface area contributed by atoms with Gasteiger partial charge in [0.05, 0.1) is 17.9 Å². The fourth-order valence-corrected chi connectivity index (χ4v) is 5.53. The predicted octanol–water partition coefficient (Wildman–Crippen LogP) is 3.84. The summed E-state index contributed by atoms with van der Waals surface area (Å²) in [6.07, 6.45) is 1.43. The smallest absolute Gasteiger partial charge is 0.213 e. The Morgan fingerprint density at radius 1 is 0.909 bits per heavy atom. The number of likely N-dealkylation sites (N-methyl/N-ethyl adjacent to an activating group) is 1. The topological polar surface area (TPSA) is 63.4 Å². The largest absolute Gasteiger partial charge is 0.497 e. The van der Waals surface area contributed by atoms with Crippen LogP contribution in [0.15, 0.2) is 95.8 Å². The molecular weight excluding hydrogens is 412 g/mol. The van der Waals surface area contributed by atoms with Crippen LogP contribution in [0.4, 0.5) is 0 Å². The molecule has 1 aliphatic rings. The first kappa shape index (κ1) is 21.4. The molecule has 1 N–H and O–H groups in total. The highest BCUT2D eigenvalue weighted by Gasteiger charge is 2.59. The lowest BCUT2D eigenvalue weighted by molar-refractivity contribution is 0.119. The Bertz CT molecular complexity index is 1120. The maximum atomic E-state index is 5.49. The van der Waals surface area contributed by atoms with E-state index in [1.165, 1.54) is 17.5 Å². The molecule has 1 fully saturated rings. The maximum Gasteiger partial charge on any atom is 0.213 e. The van der Waals surface area contributed by atoms with Crippen molar-refractivity contribution in [2.75, 3.05) is 33.9 Å². The van der Waals surface area contributed by atoms with Crippen LogP contribution in [-0.4, -0.2) is 49.0 Å². The summed E-state index contributed by atoms with van der Waals surface area (Å²) in [5.74, 6) is 1.51. The van der Waals surface area contributed by atoms with Gasteiger partial charge in [0.25, 0.3) is 0 Å². The number of ether oxygens (including phenoxy) is 1. The number of rotatable bonds is 6. The molecule has 3 aromatic carbocycles. The van der Waals surface area contributed by atoms with Crippen molar-refractivity contribution in [3.05, 3.63) is 114 Å². The lowest BCUT2D eigenvalue weighted by atomic mass is 9.52. The second kappa shape index (κ2) is 8.81. The summed E-state index contributed by atoms with van der Waals surface area (Å²) in [7, 11) is 3.81. The second-order valence-corrected chi connectivity index (χ2v) is 8.65. The second-order valence-electron chi connectivity index (χ2n) is 8.65. The van der Waals surface area contributed by atoms with Gasteiger partial charge < -0.3 is 14.6 Å². The van der Waals surface area contributed by atoms with E-state index in [2.05, 4.69) is 100 Å². The zero-order valence-corrected chi connectivity index (χ0v) is 18.9. The molecule has 33 heavy (non-hydrogen) atoms. The molecule has 1 unspecified atom stereocenters. The molecule has 0 saturated carbocycles. The first-order valence-corrected chi connectivity index (χ1v) is 11.1. The Hall–Kier alpha value is -3.48. The highest BCUT2D eigenvalue weighted by molar-refractivity contribution is 5.57. The van der Waals surface area contributed by atoms with Crippen molar-refractivity contribution in [1.82, 2.24) is 20.4 Å². The summed E-state index contributed by atoms with van der Waals surface area (Å²) >= 11 is 0. The molecule has 1 aliphatic heterocycles. The van der Waals surface area contributed by atoms with Crippen LogP contribution in [0.5, 0.6) is 5.75 Å². The zero-order valence-electron chi connectivity index (χ0n) is 18.9. The molecule has 6 heteroatoms. The molecule has 1 aromatic heterocycles. The number of nitrogens with zero attached hydrogens (tertiary/aromatic N) is 3. The normalized spacial score (nSPS) is 19.3. The SMILES string of the molecule is COc1ccc(C(c2ccccc2)(c2ccccc2)C2(c3ncon3)CNCN(C)C2)cc1. The van der Waals surface area contributed by atoms with E-state index in [0.29, 0.717) is 12.4 Å². The number of benzene rings is 3. The molecule has 0 amide bonds. The minimum atomic E-state index is -0.604. The van der Waals surface area contributed by atoms with Gasteiger partial charge in [-0.3, -0.25) is 4.90 Å². The van der Waals surface area contributed by atoms with Crippen molar-refractivity contribution in [2.45, 2.75) is 10.8 Å². The molecule has 5 rings (SSSR count). The van der Waals surface area contributed by atoms with Gasteiger partial charge in [0.2, 0.25) is 6.39 Å². The van der Waals surface area contributed by atoms with E-state index in [9.17, 15) is 0 Å². The molecule has 0 aliphatic carbocycles. The zero-order chi connectivity index (χ0) is 22.7. The summed E-state index contributed by atoms with van der Waals surface area (Å²) in [6.45, 7) is 2.23. The number of aromatic nitrogens is 2. The highest BCUT2D eigenvalue weighted by Crippen LogP contribution is 2.53. The summed E-state index contributed by atoms with van der Waals surface area (Å²) < 4.78 is 10.8. The fourth-order valence-electron chi connectivity index (χ4n) is 5.53. The van der Waals surface area contributed by atoms with Gasteiger partial charge in [0.1, 0.15) is 5.75 Å². The van der Waals surface area contributed by atoms with Gasteiger partial charge in [0.15, 0.2) is 5.82 Å². The molecule has 0 spiro atoms. The standard InChI is InChI=1S/C27H28N4O2/c1-31-18-26(17-28-19-31,25-29-20-33-30-25)27(21-9-5-3-6-10-21,22-11-7-4-8-12-22)23-13-15-24(32-2)16-14-23/h3-16,20,28H,17-19H2,1-2H3. The van der Waals surface area contributed by atoms with Crippen LogP contribution in [0.1, 0.15) is 22.5 Å². The number of hydrogen-bond donors (Lipinski definition) is 1. The van der Waals surface area contributed by atoms with Gasteiger partial charge in [0, 0.05) is 19.8 Å². The lowest BCUT2D eigenvalue weighted by Crippen LogP contribution is -2.65. The van der Waals surface area contributed by atoms with E-state index in [4.69, 9.17) is 9.26 Å². The molecule has 0 radical (unpaired) electrons. The van der Waals surface area contributed by atoms with Gasteiger partial charge in [-0.05, 0) is 35.9 Å². The van der Waals surface area contributed by atoms with E-state index >= 15 is 0 Å². The minimum absolute atomic E-state index is 0.551. The van der Waals surface area contributed by atoms with Crippen LogP contribution >= 0.6 is 0 Å². The van der Waals surface area contributed by atoms with Gasteiger partial charge in [-0.2, -0.15) is 4.98 Å². The average molecular weight is 441 g/mol. The van der Waals surface area contributed by atoms with E-state index in [1.54, 1.807) is 7.11 Å². The van der Waals surface area contributed by atoms with Gasteiger partial charge in [-0.15, -0.1) is 0 Å². The number of nitrogens with one attached hydrogen (secondary N) is 1. The summed E-state index contributed by atoms with van der Waals surface area (Å²) in [6, 6.07) is 29.7. The molecule has 4 aromatic rings. The molecule has 168 valence electrons. The maximum absolute atomic E-state index is 5.49. The molecule has 2 heterocycles. The third-order valence-corrected chi connectivity index (χ3v) is 6.79. The van der Waals surface area contributed by atoms with Crippen molar-refractivity contribution in [1.29, 1.82) is 0 Å². The van der Waals surface area contributed by atoms with E-state index in [-0.39, 0.29) is 0 Å². The number of methoxy groups -OCH3 is 1. The minimum Gasteiger partial charge on any atom is -0.497 e. The van der Waals surface area contributed by atoms with E-state index < -0.39 is 10.8 Å².